The SMILES string of the molecule is Cc1cc(C(=O)N(C)C[C@@H]2CCN(C)[C@H]2c2cccnc2)nc(C)n1. The lowest BCUT2D eigenvalue weighted by Crippen LogP contribution is -2.35. The average molecular weight is 339 g/mol. The second-order valence-electron chi connectivity index (χ2n) is 6.89. The van der Waals surface area contributed by atoms with E-state index < -0.39 is 0 Å². The lowest BCUT2D eigenvalue weighted by Gasteiger charge is -2.28. The van der Waals surface area contributed by atoms with E-state index in [0.717, 1.165) is 18.7 Å². The number of aryl methyl sites for hydroxylation is 2. The molecule has 6 nitrogen and oxygen atoms in total. The van der Waals surface area contributed by atoms with Crippen LogP contribution in [0.4, 0.5) is 0 Å². The second-order valence-corrected chi connectivity index (χ2v) is 6.89. The van der Waals surface area contributed by atoms with Crippen LogP contribution in [0.15, 0.2) is 30.6 Å². The number of carbonyl (C=O) groups is 1. The number of nitrogens with zero attached hydrogens (tertiary/aromatic N) is 5. The Hall–Kier alpha value is -2.34. The first-order valence-electron chi connectivity index (χ1n) is 8.63. The van der Waals surface area contributed by atoms with Crippen molar-refractivity contribution >= 4 is 5.91 Å². The van der Waals surface area contributed by atoms with Gasteiger partial charge < -0.3 is 4.90 Å². The number of hydrogen-bond donors (Lipinski definition) is 0. The molecule has 0 spiro atoms. The van der Waals surface area contributed by atoms with Gasteiger partial charge in [-0.3, -0.25) is 14.7 Å². The molecule has 0 unspecified atom stereocenters. The van der Waals surface area contributed by atoms with Gasteiger partial charge in [0.05, 0.1) is 0 Å². The van der Waals surface area contributed by atoms with Gasteiger partial charge in [-0.1, -0.05) is 6.07 Å². The summed E-state index contributed by atoms with van der Waals surface area (Å²) in [6.45, 7) is 5.42. The largest absolute Gasteiger partial charge is 0.340 e. The molecule has 1 fully saturated rings. The minimum Gasteiger partial charge on any atom is -0.340 e. The molecule has 0 bridgehead atoms. The van der Waals surface area contributed by atoms with E-state index in [1.54, 1.807) is 17.2 Å². The summed E-state index contributed by atoms with van der Waals surface area (Å²) in [5.41, 5.74) is 2.50. The van der Waals surface area contributed by atoms with Crippen LogP contribution in [0, 0.1) is 19.8 Å². The first-order valence-corrected chi connectivity index (χ1v) is 8.63. The third-order valence-electron chi connectivity index (χ3n) is 4.84. The molecule has 0 aromatic carbocycles. The molecular weight excluding hydrogens is 314 g/mol. The van der Waals surface area contributed by atoms with Gasteiger partial charge in [0, 0.05) is 37.7 Å². The Labute approximate surface area is 148 Å². The summed E-state index contributed by atoms with van der Waals surface area (Å²) in [6, 6.07) is 6.13. The van der Waals surface area contributed by atoms with E-state index in [9.17, 15) is 4.79 Å². The van der Waals surface area contributed by atoms with Gasteiger partial charge in [-0.2, -0.15) is 0 Å². The standard InChI is InChI=1S/C19H25N5O/c1-13-10-17(22-14(2)21-13)19(25)24(4)12-16-7-9-23(3)18(16)15-6-5-8-20-11-15/h5-6,8,10-11,16,18H,7,9,12H2,1-4H3/t16-,18-/m0/s1. The highest BCUT2D eigenvalue weighted by Crippen LogP contribution is 2.36. The van der Waals surface area contributed by atoms with E-state index in [4.69, 9.17) is 0 Å². The molecule has 3 heterocycles. The molecule has 132 valence electrons. The molecule has 0 N–H and O–H groups in total. The highest BCUT2D eigenvalue weighted by Gasteiger charge is 2.34. The van der Waals surface area contributed by atoms with Crippen LogP contribution < -0.4 is 0 Å². The van der Waals surface area contributed by atoms with Crippen LogP contribution in [0.1, 0.15) is 40.0 Å². The van der Waals surface area contributed by atoms with Crippen molar-refractivity contribution < 1.29 is 4.79 Å². The van der Waals surface area contributed by atoms with Crippen molar-refractivity contribution in [3.8, 4) is 0 Å². The van der Waals surface area contributed by atoms with Crippen LogP contribution in [-0.2, 0) is 0 Å². The van der Waals surface area contributed by atoms with E-state index in [1.165, 1.54) is 5.56 Å². The topological polar surface area (TPSA) is 62.2 Å². The Bertz CT molecular complexity index is 728. The average Bonchev–Trinajstić information content (AvgIpc) is 2.94. The fraction of sp³-hybridized carbons (Fsp3) is 0.474. The lowest BCUT2D eigenvalue weighted by molar-refractivity contribution is 0.0754. The van der Waals surface area contributed by atoms with Gasteiger partial charge in [-0.05, 0) is 57.5 Å². The number of amides is 1. The van der Waals surface area contributed by atoms with Crippen molar-refractivity contribution in [2.75, 3.05) is 27.2 Å². The number of rotatable bonds is 4. The number of aromatic nitrogens is 3. The minimum absolute atomic E-state index is 0.0481. The second kappa shape index (κ2) is 7.27. The van der Waals surface area contributed by atoms with Gasteiger partial charge in [0.2, 0.25) is 0 Å². The monoisotopic (exact) mass is 339 g/mol. The predicted molar refractivity (Wildman–Crippen MR) is 96.2 cm³/mol. The van der Waals surface area contributed by atoms with Crippen LogP contribution in [0.25, 0.3) is 0 Å². The molecule has 0 saturated carbocycles. The Morgan fingerprint density at radius 1 is 1.36 bits per heavy atom. The van der Waals surface area contributed by atoms with Crippen LogP contribution in [0.2, 0.25) is 0 Å². The van der Waals surface area contributed by atoms with E-state index in [-0.39, 0.29) is 11.9 Å². The minimum atomic E-state index is -0.0481. The summed E-state index contributed by atoms with van der Waals surface area (Å²) in [5, 5.41) is 0. The van der Waals surface area contributed by atoms with Crippen molar-refractivity contribution in [1.29, 1.82) is 0 Å². The zero-order valence-corrected chi connectivity index (χ0v) is 15.3. The van der Waals surface area contributed by atoms with Crippen LogP contribution >= 0.6 is 0 Å². The van der Waals surface area contributed by atoms with Gasteiger partial charge in [0.25, 0.3) is 5.91 Å². The van der Waals surface area contributed by atoms with Crippen molar-refractivity contribution in [1.82, 2.24) is 24.8 Å². The van der Waals surface area contributed by atoms with E-state index in [0.29, 0.717) is 24.0 Å². The normalized spacial score (nSPS) is 20.6. The number of pyridine rings is 1. The quantitative estimate of drug-likeness (QED) is 0.855. The third-order valence-corrected chi connectivity index (χ3v) is 4.84. The summed E-state index contributed by atoms with van der Waals surface area (Å²) >= 11 is 0. The molecular formula is C19H25N5O. The molecule has 2 aromatic rings. The maximum Gasteiger partial charge on any atom is 0.272 e. The van der Waals surface area contributed by atoms with Gasteiger partial charge in [-0.25, -0.2) is 9.97 Å². The third kappa shape index (κ3) is 3.85. The number of carbonyl (C=O) groups excluding carboxylic acids is 1. The van der Waals surface area contributed by atoms with Gasteiger partial charge >= 0.3 is 0 Å². The summed E-state index contributed by atoms with van der Waals surface area (Å²) in [4.78, 5) is 29.7. The summed E-state index contributed by atoms with van der Waals surface area (Å²) in [5.74, 6) is 0.964. The van der Waals surface area contributed by atoms with Crippen molar-refractivity contribution in [2.24, 2.45) is 5.92 Å². The van der Waals surface area contributed by atoms with E-state index >= 15 is 0 Å². The van der Waals surface area contributed by atoms with E-state index in [1.807, 2.05) is 33.2 Å². The zero-order chi connectivity index (χ0) is 18.0. The molecule has 1 aliphatic heterocycles. The van der Waals surface area contributed by atoms with Crippen LogP contribution in [-0.4, -0.2) is 57.8 Å². The lowest BCUT2D eigenvalue weighted by atomic mass is 9.94. The molecule has 25 heavy (non-hydrogen) atoms. The maximum absolute atomic E-state index is 12.8. The molecule has 0 radical (unpaired) electrons. The molecule has 1 amide bonds. The highest BCUT2D eigenvalue weighted by molar-refractivity contribution is 5.92. The predicted octanol–water partition coefficient (Wildman–Crippen LogP) is 2.25. The van der Waals surface area contributed by atoms with Crippen LogP contribution in [0.3, 0.4) is 0 Å². The molecule has 3 rings (SSSR count). The Balaban J connectivity index is 1.75. The first-order chi connectivity index (χ1) is 12.0. The van der Waals surface area contributed by atoms with Crippen molar-refractivity contribution in [3.63, 3.8) is 0 Å². The highest BCUT2D eigenvalue weighted by atomic mass is 16.2. The smallest absolute Gasteiger partial charge is 0.272 e. The zero-order valence-electron chi connectivity index (χ0n) is 15.3. The van der Waals surface area contributed by atoms with Crippen LogP contribution in [0.5, 0.6) is 0 Å². The molecule has 0 aliphatic carbocycles. The summed E-state index contributed by atoms with van der Waals surface area (Å²) in [6.07, 6.45) is 4.79. The summed E-state index contributed by atoms with van der Waals surface area (Å²) < 4.78 is 0. The first kappa shape index (κ1) is 17.5. The fourth-order valence-electron chi connectivity index (χ4n) is 3.75. The Morgan fingerprint density at radius 2 is 2.16 bits per heavy atom. The molecule has 6 heteroatoms. The molecule has 2 aromatic heterocycles. The molecule has 2 atom stereocenters. The fourth-order valence-corrected chi connectivity index (χ4v) is 3.75. The van der Waals surface area contributed by atoms with E-state index in [2.05, 4.69) is 33.0 Å². The molecule has 1 saturated heterocycles. The summed E-state index contributed by atoms with van der Waals surface area (Å²) in [7, 11) is 3.99. The molecule has 1 aliphatic rings. The van der Waals surface area contributed by atoms with Gasteiger partial charge in [0.1, 0.15) is 11.5 Å². The Morgan fingerprint density at radius 3 is 2.84 bits per heavy atom. The number of hydrogen-bond acceptors (Lipinski definition) is 5. The van der Waals surface area contributed by atoms with Gasteiger partial charge in [0.15, 0.2) is 0 Å². The van der Waals surface area contributed by atoms with Crippen molar-refractivity contribution in [3.05, 3.63) is 53.4 Å². The Kier molecular flexibility index (Phi) is 5.08. The van der Waals surface area contributed by atoms with Crippen molar-refractivity contribution in [2.45, 2.75) is 26.3 Å². The van der Waals surface area contributed by atoms with Gasteiger partial charge in [-0.15, -0.1) is 0 Å². The maximum atomic E-state index is 12.8. The number of likely N-dealkylation sites (tertiary alicyclic amines) is 1.